The number of piperidine rings is 1. The van der Waals surface area contributed by atoms with Crippen LogP contribution in [0.2, 0.25) is 0 Å². The van der Waals surface area contributed by atoms with E-state index in [1.54, 1.807) is 41.4 Å². The third kappa shape index (κ3) is 8.27. The van der Waals surface area contributed by atoms with Crippen LogP contribution < -0.4 is 15.4 Å². The number of alkyl halides is 2. The predicted molar refractivity (Wildman–Crippen MR) is 240 cm³/mol. The molecule has 6 aromatic rings. The average Bonchev–Trinajstić information content (AvgIpc) is 3.81. The molecule has 3 fully saturated rings. The molecule has 0 spiro atoms. The van der Waals surface area contributed by atoms with Crippen molar-refractivity contribution in [1.29, 1.82) is 0 Å². The lowest BCUT2D eigenvalue weighted by Crippen LogP contribution is -2.52. The molecule has 2 saturated heterocycles. The molecule has 3 aliphatic heterocycles. The van der Waals surface area contributed by atoms with Crippen molar-refractivity contribution in [3.63, 3.8) is 0 Å². The van der Waals surface area contributed by atoms with Gasteiger partial charge in [0, 0.05) is 29.5 Å². The zero-order valence-corrected chi connectivity index (χ0v) is 37.3. The number of rotatable bonds is 12. The first-order valence-electron chi connectivity index (χ1n) is 22.4. The molecular formula is C49H50F2N8O8. The van der Waals surface area contributed by atoms with Gasteiger partial charge < -0.3 is 49.3 Å². The number of carbonyl (C=O) groups is 4. The molecule has 4 N–H and O–H groups in total. The number of benzene rings is 4. The van der Waals surface area contributed by atoms with E-state index in [-0.39, 0.29) is 37.1 Å². The van der Waals surface area contributed by atoms with Crippen molar-refractivity contribution in [1.82, 2.24) is 40.4 Å². The molecule has 348 valence electrons. The molecule has 10 rings (SSSR count). The molecule has 7 atom stereocenters. The van der Waals surface area contributed by atoms with Crippen LogP contribution in [0.25, 0.3) is 44.2 Å². The number of H-pyrrole nitrogens is 2. The van der Waals surface area contributed by atoms with Gasteiger partial charge in [-0.25, -0.2) is 19.6 Å². The molecule has 16 nitrogen and oxygen atoms in total. The van der Waals surface area contributed by atoms with E-state index in [2.05, 4.69) is 38.8 Å². The van der Waals surface area contributed by atoms with Crippen LogP contribution in [0.4, 0.5) is 18.4 Å². The molecule has 1 unspecified atom stereocenters. The van der Waals surface area contributed by atoms with Crippen molar-refractivity contribution in [2.45, 2.75) is 76.5 Å². The summed E-state index contributed by atoms with van der Waals surface area (Å²) in [4.78, 5) is 73.1. The number of methoxy groups -OCH3 is 2. The van der Waals surface area contributed by atoms with E-state index in [0.717, 1.165) is 57.1 Å². The summed E-state index contributed by atoms with van der Waals surface area (Å²) in [5, 5.41) is 7.15. The van der Waals surface area contributed by atoms with E-state index in [4.69, 9.17) is 28.9 Å². The Morgan fingerprint density at radius 2 is 1.66 bits per heavy atom. The summed E-state index contributed by atoms with van der Waals surface area (Å²) in [6.45, 7) is 0.983. The molecular weight excluding hydrogens is 867 g/mol. The minimum absolute atomic E-state index is 0.0989. The lowest BCUT2D eigenvalue weighted by Gasteiger charge is -2.31. The second kappa shape index (κ2) is 17.6. The number of nitrogens with zero attached hydrogens (tertiary/aromatic N) is 4. The van der Waals surface area contributed by atoms with Crippen molar-refractivity contribution in [3.05, 3.63) is 102 Å². The normalized spacial score (nSPS) is 21.4. The number of hydrogen-bond acceptors (Lipinski definition) is 10. The molecule has 4 aliphatic rings. The molecule has 67 heavy (non-hydrogen) atoms. The van der Waals surface area contributed by atoms with Gasteiger partial charge in [-0.15, -0.1) is 0 Å². The van der Waals surface area contributed by atoms with Gasteiger partial charge in [0.15, 0.2) is 0 Å². The van der Waals surface area contributed by atoms with Gasteiger partial charge in [0.05, 0.1) is 55.8 Å². The first-order chi connectivity index (χ1) is 32.4. The zero-order valence-electron chi connectivity index (χ0n) is 37.3. The number of likely N-dealkylation sites (tertiary alicyclic amines) is 2. The molecule has 4 aromatic carbocycles. The monoisotopic (exact) mass is 916 g/mol. The lowest BCUT2D eigenvalue weighted by molar-refractivity contribution is -0.139. The molecule has 18 heteroatoms. The van der Waals surface area contributed by atoms with Gasteiger partial charge in [0.25, 0.3) is 5.91 Å². The fourth-order valence-electron chi connectivity index (χ4n) is 10.2. The largest absolute Gasteiger partial charge is 0.488 e. The van der Waals surface area contributed by atoms with E-state index < -0.39 is 48.7 Å². The number of aromatic amines is 2. The van der Waals surface area contributed by atoms with Crippen LogP contribution in [-0.4, -0.2) is 99.8 Å². The maximum absolute atomic E-state index is 14.4. The van der Waals surface area contributed by atoms with Crippen LogP contribution in [0.5, 0.6) is 5.75 Å². The number of amides is 4. The number of fused-ring (bicyclic) bond motifs is 7. The average molecular weight is 917 g/mol. The topological polar surface area (TPSA) is 193 Å². The second-order valence-electron chi connectivity index (χ2n) is 18.1. The molecule has 0 radical (unpaired) electrons. The Morgan fingerprint density at radius 1 is 0.866 bits per heavy atom. The van der Waals surface area contributed by atoms with Gasteiger partial charge in [-0.3, -0.25) is 9.59 Å². The number of halogens is 2. The first-order valence-corrected chi connectivity index (χ1v) is 22.4. The van der Waals surface area contributed by atoms with E-state index >= 15 is 0 Å². The Kier molecular flexibility index (Phi) is 11.5. The predicted octanol–water partition coefficient (Wildman–Crippen LogP) is 7.93. The minimum atomic E-state index is -2.97. The third-order valence-electron chi connectivity index (χ3n) is 13.6. The molecule has 5 heterocycles. The highest BCUT2D eigenvalue weighted by Crippen LogP contribution is 2.53. The van der Waals surface area contributed by atoms with Gasteiger partial charge in [-0.2, -0.15) is 8.78 Å². The highest BCUT2D eigenvalue weighted by atomic mass is 19.3. The van der Waals surface area contributed by atoms with Crippen molar-refractivity contribution in [2.75, 3.05) is 27.4 Å². The van der Waals surface area contributed by atoms with E-state index in [9.17, 15) is 28.0 Å². The maximum atomic E-state index is 14.4. The van der Waals surface area contributed by atoms with Crippen LogP contribution in [-0.2, 0) is 30.4 Å². The molecule has 2 aromatic heterocycles. The van der Waals surface area contributed by atoms with Crippen molar-refractivity contribution in [2.24, 2.45) is 17.8 Å². The van der Waals surface area contributed by atoms with Crippen molar-refractivity contribution in [3.8, 4) is 28.1 Å². The highest BCUT2D eigenvalue weighted by molar-refractivity contribution is 6.07. The fraction of sp³-hybridized carbons (Fsp3) is 0.388. The first kappa shape index (κ1) is 43.8. The Hall–Kier alpha value is -7.08. The van der Waals surface area contributed by atoms with Crippen molar-refractivity contribution >= 4 is 45.8 Å². The van der Waals surface area contributed by atoms with Gasteiger partial charge in [0.2, 0.25) is 5.91 Å². The number of imidazole rings is 2. The number of aromatic nitrogens is 4. The Labute approximate surface area is 383 Å². The van der Waals surface area contributed by atoms with Gasteiger partial charge in [-0.1, -0.05) is 62.4 Å². The molecule has 0 bridgehead atoms. The lowest BCUT2D eigenvalue weighted by atomic mass is 9.92. The summed E-state index contributed by atoms with van der Waals surface area (Å²) in [5.41, 5.74) is 6.56. The number of alkyl carbamates (subject to hydrolysis) is 2. The molecule has 1 aliphatic carbocycles. The summed E-state index contributed by atoms with van der Waals surface area (Å²) in [6.07, 6.45) is 2.39. The third-order valence-corrected chi connectivity index (χ3v) is 13.6. The van der Waals surface area contributed by atoms with E-state index in [1.807, 2.05) is 43.0 Å². The maximum Gasteiger partial charge on any atom is 0.407 e. The highest BCUT2D eigenvalue weighted by Gasteiger charge is 2.56. The number of carbonyl (C=O) groups excluding carboxylic acids is 4. The molecule has 4 amide bonds. The summed E-state index contributed by atoms with van der Waals surface area (Å²) >= 11 is 0. The number of nitrogens with one attached hydrogen (secondary N) is 4. The van der Waals surface area contributed by atoms with Gasteiger partial charge in [0.1, 0.15) is 36.1 Å². The van der Waals surface area contributed by atoms with Crippen LogP contribution in [0.3, 0.4) is 0 Å². The summed E-state index contributed by atoms with van der Waals surface area (Å²) in [6, 6.07) is 20.3. The van der Waals surface area contributed by atoms with Gasteiger partial charge in [-0.05, 0) is 83.0 Å². The standard InChI is InChI=1S/C49H50F2N8O8/c1-24(2)40(56-48(62)64-3)46(61)59-36-17-29(36)18-38(59)43-52-20-35(54-43)28-10-12-31-30(15-28)23-66-39-19-32-27(16-33(31)39)11-13-34-42(32)55-44(53-34)37-14-25(22-67-47(50)51)21-58(37)45(60)41(57-49(63)65-4)26-8-6-5-7-9-26/h5-13,15-16,19-20,24-25,29,36-38,40-41,47H,14,17-18,21-23H2,1-4H3,(H,52,54)(H,53,55)(H,56,62)(H,57,63)/t25-,29+,36+,37-,38-,40?,41+/m0/s1. The number of hydrogen-bond donors (Lipinski definition) is 4. The Morgan fingerprint density at radius 3 is 2.42 bits per heavy atom. The Bertz CT molecular complexity index is 2890. The van der Waals surface area contributed by atoms with Crippen molar-refractivity contribution < 1.29 is 46.9 Å². The molecule has 1 saturated carbocycles. The fourth-order valence-corrected chi connectivity index (χ4v) is 10.2. The van der Waals surface area contributed by atoms with Crippen LogP contribution in [0.1, 0.15) is 74.0 Å². The summed E-state index contributed by atoms with van der Waals surface area (Å²) < 4.78 is 47.2. The quantitative estimate of drug-likeness (QED) is 0.0937. The number of ether oxygens (including phenoxy) is 4. The van der Waals surface area contributed by atoms with E-state index in [0.29, 0.717) is 47.4 Å². The zero-order chi connectivity index (χ0) is 46.7. The Balaban J connectivity index is 0.917. The smallest absolute Gasteiger partial charge is 0.407 e. The van der Waals surface area contributed by atoms with Crippen LogP contribution >= 0.6 is 0 Å². The second-order valence-corrected chi connectivity index (χ2v) is 18.1. The summed E-state index contributed by atoms with van der Waals surface area (Å²) in [5.74, 6) is 1.11. The summed E-state index contributed by atoms with van der Waals surface area (Å²) in [7, 11) is 2.50. The van der Waals surface area contributed by atoms with Crippen LogP contribution in [0.15, 0.2) is 79.0 Å². The van der Waals surface area contributed by atoms with E-state index in [1.165, 1.54) is 14.2 Å². The minimum Gasteiger partial charge on any atom is -0.488 e. The van der Waals surface area contributed by atoms with Gasteiger partial charge >= 0.3 is 18.8 Å². The SMILES string of the molecule is COC(=O)NC(C(=O)N1[C@@H]2C[C@@H]2C[C@H]1c1ncc(-c2ccc3c(c2)COc2cc4c(ccc5nc([C@@H]6C[C@H](COC(F)F)CN6C(=O)[C@H](NC(=O)OC)c6ccccc6)[nH]c54)cc2-3)[nH]1)C(C)C. The van der Waals surface area contributed by atoms with Crippen LogP contribution in [0, 0.1) is 17.8 Å².